The molecule has 0 aromatic heterocycles. The van der Waals surface area contributed by atoms with E-state index in [4.69, 9.17) is 23.4 Å². The molecule has 10 unspecified atom stereocenters. The number of nitrogens with zero attached hydrogens (tertiary/aromatic N) is 1. The van der Waals surface area contributed by atoms with Gasteiger partial charge in [0.05, 0.1) is 10.8 Å². The van der Waals surface area contributed by atoms with Crippen LogP contribution in [0.3, 0.4) is 0 Å². The molecule has 292 valence electrons. The SMILES string of the molecule is CC(=NC1C2C=CC=CC2(C)SC1(C)C(N)C1=CCC(C)C(C2=C(C)c3c(c(CC4=CCCCC4)cc4ccccc34)CC2)C1(C)S)C1(C)CC=CCC1C. The number of thioether (sulfide) groups is 1. The average Bonchev–Trinajstić information content (AvgIpc) is 3.39. The lowest BCUT2D eigenvalue weighted by Gasteiger charge is -2.50. The number of hydrogen-bond acceptors (Lipinski definition) is 4. The van der Waals surface area contributed by atoms with Gasteiger partial charge in [0.2, 0.25) is 0 Å². The Kier molecular flexibility index (Phi) is 10.5. The van der Waals surface area contributed by atoms with Crippen LogP contribution < -0.4 is 5.73 Å². The molecule has 2 N–H and O–H groups in total. The molecule has 5 aliphatic carbocycles. The summed E-state index contributed by atoms with van der Waals surface area (Å²) in [6.45, 7) is 19.3. The van der Waals surface area contributed by atoms with E-state index >= 15 is 0 Å². The van der Waals surface area contributed by atoms with Gasteiger partial charge in [0, 0.05) is 38.5 Å². The monoisotopic (exact) mass is 770 g/mol. The van der Waals surface area contributed by atoms with Crippen LogP contribution >= 0.6 is 24.4 Å². The van der Waals surface area contributed by atoms with Crippen molar-refractivity contribution in [2.45, 2.75) is 146 Å². The Labute approximate surface area is 342 Å². The second kappa shape index (κ2) is 14.7. The van der Waals surface area contributed by atoms with Gasteiger partial charge in [-0.2, -0.15) is 12.6 Å². The van der Waals surface area contributed by atoms with Crippen molar-refractivity contribution in [1.29, 1.82) is 0 Å². The first-order chi connectivity index (χ1) is 26.2. The molecule has 4 heteroatoms. The van der Waals surface area contributed by atoms with E-state index in [2.05, 4.69) is 146 Å². The zero-order valence-electron chi connectivity index (χ0n) is 34.9. The van der Waals surface area contributed by atoms with Crippen LogP contribution in [0.2, 0.25) is 0 Å². The fraction of sp³-hybridized carbons (Fsp3) is 0.549. The van der Waals surface area contributed by atoms with E-state index in [1.165, 1.54) is 58.9 Å². The summed E-state index contributed by atoms with van der Waals surface area (Å²) in [6.07, 6.45) is 30.7. The van der Waals surface area contributed by atoms with Gasteiger partial charge in [0.15, 0.2) is 0 Å². The van der Waals surface area contributed by atoms with E-state index in [0.29, 0.717) is 17.8 Å². The highest BCUT2D eigenvalue weighted by molar-refractivity contribution is 8.02. The summed E-state index contributed by atoms with van der Waals surface area (Å²) in [4.78, 5) is 5.84. The molecule has 8 rings (SSSR count). The summed E-state index contributed by atoms with van der Waals surface area (Å²) < 4.78 is -0.776. The van der Waals surface area contributed by atoms with Crippen LogP contribution in [0.4, 0.5) is 0 Å². The minimum absolute atomic E-state index is 0.0546. The van der Waals surface area contributed by atoms with E-state index in [1.54, 1.807) is 22.3 Å². The third-order valence-electron chi connectivity index (χ3n) is 15.7. The Hall–Kier alpha value is -2.53. The molecule has 0 radical (unpaired) electrons. The lowest BCUT2D eigenvalue weighted by atomic mass is 9.62. The predicted octanol–water partition coefficient (Wildman–Crippen LogP) is 13.0. The van der Waals surface area contributed by atoms with Crippen molar-refractivity contribution < 1.29 is 0 Å². The zero-order valence-corrected chi connectivity index (χ0v) is 36.6. The van der Waals surface area contributed by atoms with Gasteiger partial charge < -0.3 is 5.73 Å². The minimum atomic E-state index is -0.395. The van der Waals surface area contributed by atoms with E-state index < -0.39 is 4.75 Å². The molecule has 1 fully saturated rings. The van der Waals surface area contributed by atoms with E-state index in [1.807, 2.05) is 0 Å². The topological polar surface area (TPSA) is 38.4 Å². The summed E-state index contributed by atoms with van der Waals surface area (Å²) >= 11 is 7.87. The van der Waals surface area contributed by atoms with Crippen molar-refractivity contribution in [3.63, 3.8) is 0 Å². The molecule has 1 heterocycles. The number of benzene rings is 2. The first kappa shape index (κ1) is 39.3. The van der Waals surface area contributed by atoms with Crippen molar-refractivity contribution in [2.24, 2.45) is 39.8 Å². The van der Waals surface area contributed by atoms with Crippen LogP contribution in [0, 0.1) is 29.1 Å². The average molecular weight is 771 g/mol. The van der Waals surface area contributed by atoms with Gasteiger partial charge in [-0.15, -0.1) is 11.8 Å². The normalized spacial score (nSPS) is 38.1. The molecule has 0 bridgehead atoms. The molecular weight excluding hydrogens is 705 g/mol. The number of aliphatic imine (C=N–C) groups is 1. The summed E-state index contributed by atoms with van der Waals surface area (Å²) in [6, 6.07) is 11.5. The molecule has 2 aromatic carbocycles. The van der Waals surface area contributed by atoms with Gasteiger partial charge in [-0.3, -0.25) is 4.99 Å². The fourth-order valence-corrected chi connectivity index (χ4v) is 14.7. The maximum atomic E-state index is 7.83. The van der Waals surface area contributed by atoms with Crippen LogP contribution in [0.25, 0.3) is 16.3 Å². The van der Waals surface area contributed by atoms with Crippen LogP contribution in [0.15, 0.2) is 101 Å². The quantitative estimate of drug-likeness (QED) is 0.167. The van der Waals surface area contributed by atoms with Gasteiger partial charge >= 0.3 is 0 Å². The molecule has 1 saturated heterocycles. The molecule has 1 aliphatic heterocycles. The smallest absolute Gasteiger partial charge is 0.0740 e. The number of rotatable bonds is 7. The van der Waals surface area contributed by atoms with Crippen molar-refractivity contribution >= 4 is 46.4 Å². The van der Waals surface area contributed by atoms with Crippen LogP contribution in [-0.2, 0) is 12.8 Å². The molecule has 2 aromatic rings. The summed E-state index contributed by atoms with van der Waals surface area (Å²) in [5.41, 5.74) is 19.8. The maximum Gasteiger partial charge on any atom is 0.0740 e. The van der Waals surface area contributed by atoms with Crippen molar-refractivity contribution in [1.82, 2.24) is 0 Å². The third-order valence-corrected chi connectivity index (χ3v) is 18.0. The minimum Gasteiger partial charge on any atom is -0.323 e. The largest absolute Gasteiger partial charge is 0.323 e. The second-order valence-corrected chi connectivity index (χ2v) is 22.0. The van der Waals surface area contributed by atoms with E-state index in [-0.39, 0.29) is 32.9 Å². The van der Waals surface area contributed by atoms with Gasteiger partial charge in [-0.05, 0) is 149 Å². The zero-order chi connectivity index (χ0) is 38.9. The van der Waals surface area contributed by atoms with Crippen molar-refractivity contribution in [2.75, 3.05) is 0 Å². The van der Waals surface area contributed by atoms with Gasteiger partial charge in [-0.25, -0.2) is 0 Å². The fourth-order valence-electron chi connectivity index (χ4n) is 12.0. The van der Waals surface area contributed by atoms with E-state index in [9.17, 15) is 0 Å². The summed E-state index contributed by atoms with van der Waals surface area (Å²) in [5.74, 6) is 1.60. The summed E-state index contributed by atoms with van der Waals surface area (Å²) in [5, 5.41) is 2.78. The lowest BCUT2D eigenvalue weighted by Crippen LogP contribution is -2.56. The number of nitrogens with two attached hydrogens (primary N) is 1. The third kappa shape index (κ3) is 6.57. The van der Waals surface area contributed by atoms with Crippen LogP contribution in [0.5, 0.6) is 0 Å². The number of fused-ring (bicyclic) bond motifs is 4. The number of thiol groups is 1. The standard InChI is InChI=1S/C51H66N2S2/c1-32-24-27-42(46(52)51(8)47(43-23-15-17-29-49(43,6)55-51)53-35(4)48(5)28-16-14-18-33(48)2)50(7,54)45(32)39-25-26-41-38(30-36-19-10-9-11-20-36)31-37-21-12-13-22-40(37)44(41)34(39)3/h12-17,19,21-23,27,29,31-33,43,45-47,54H,9-11,18,20,24-26,28,30,52H2,1-8H3. The molecule has 0 saturated carbocycles. The highest BCUT2D eigenvalue weighted by Crippen LogP contribution is 2.62. The lowest BCUT2D eigenvalue weighted by molar-refractivity contribution is 0.287. The van der Waals surface area contributed by atoms with E-state index in [0.717, 1.165) is 38.5 Å². The molecule has 55 heavy (non-hydrogen) atoms. The first-order valence-electron chi connectivity index (χ1n) is 21.5. The Bertz CT molecular complexity index is 2070. The van der Waals surface area contributed by atoms with Crippen LogP contribution in [-0.4, -0.2) is 32.0 Å². The predicted molar refractivity (Wildman–Crippen MR) is 245 cm³/mol. The van der Waals surface area contributed by atoms with Gasteiger partial charge in [0.1, 0.15) is 0 Å². The Morgan fingerprint density at radius 3 is 2.56 bits per heavy atom. The molecule has 0 amide bonds. The van der Waals surface area contributed by atoms with Crippen molar-refractivity contribution in [3.8, 4) is 0 Å². The van der Waals surface area contributed by atoms with Crippen molar-refractivity contribution in [3.05, 3.63) is 112 Å². The molecule has 0 spiro atoms. The Balaban J connectivity index is 1.19. The molecule has 2 nitrogen and oxygen atoms in total. The Morgan fingerprint density at radius 2 is 1.80 bits per heavy atom. The van der Waals surface area contributed by atoms with Gasteiger partial charge in [0.25, 0.3) is 0 Å². The number of hydrogen-bond donors (Lipinski definition) is 2. The maximum absolute atomic E-state index is 7.83. The summed E-state index contributed by atoms with van der Waals surface area (Å²) in [7, 11) is 0. The number of allylic oxidation sites excluding steroid dienone is 9. The highest BCUT2D eigenvalue weighted by atomic mass is 32.2. The highest BCUT2D eigenvalue weighted by Gasteiger charge is 2.61. The molecular formula is C51H66N2S2. The Morgan fingerprint density at radius 1 is 1.00 bits per heavy atom. The van der Waals surface area contributed by atoms with Crippen LogP contribution in [0.1, 0.15) is 123 Å². The molecule has 10 atom stereocenters. The first-order valence-corrected chi connectivity index (χ1v) is 22.8. The van der Waals surface area contributed by atoms with Gasteiger partial charge in [-0.1, -0.05) is 111 Å². The second-order valence-electron chi connectivity index (χ2n) is 19.1. The molecule has 6 aliphatic rings.